The zero-order valence-electron chi connectivity index (χ0n) is 17.6. The Bertz CT molecular complexity index is 904. The van der Waals surface area contributed by atoms with Gasteiger partial charge in [0.1, 0.15) is 5.75 Å². The lowest BCUT2D eigenvalue weighted by Gasteiger charge is -2.35. The summed E-state index contributed by atoms with van der Waals surface area (Å²) in [5.41, 5.74) is 2.23. The average Bonchev–Trinajstić information content (AvgIpc) is 2.76. The van der Waals surface area contributed by atoms with Crippen molar-refractivity contribution in [2.45, 2.75) is 32.7 Å². The van der Waals surface area contributed by atoms with Crippen molar-refractivity contribution in [3.63, 3.8) is 0 Å². The van der Waals surface area contributed by atoms with Crippen molar-refractivity contribution in [3.05, 3.63) is 53.1 Å². The number of likely N-dealkylation sites (tertiary alicyclic amines) is 1. The Kier molecular flexibility index (Phi) is 7.34. The molecule has 1 aliphatic heterocycles. The molecule has 0 aromatic heterocycles. The van der Waals surface area contributed by atoms with Crippen LogP contribution in [-0.2, 0) is 9.59 Å². The van der Waals surface area contributed by atoms with Crippen LogP contribution < -0.4 is 15.4 Å². The second kappa shape index (κ2) is 9.96. The van der Waals surface area contributed by atoms with E-state index in [1.54, 1.807) is 19.2 Å². The smallest absolute Gasteiger partial charge is 0.241 e. The summed E-state index contributed by atoms with van der Waals surface area (Å²) in [4.78, 5) is 27.6. The minimum absolute atomic E-state index is 0.00602. The van der Waals surface area contributed by atoms with Crippen molar-refractivity contribution in [1.82, 2.24) is 4.90 Å². The number of halogens is 1. The molecule has 0 spiro atoms. The predicted molar refractivity (Wildman–Crippen MR) is 120 cm³/mol. The maximum atomic E-state index is 12.9. The molecule has 2 amide bonds. The number of para-hydroxylation sites is 1. The van der Waals surface area contributed by atoms with Gasteiger partial charge in [0.2, 0.25) is 11.8 Å². The molecule has 1 fully saturated rings. The molecule has 3 rings (SSSR count). The molecule has 160 valence electrons. The Morgan fingerprint density at radius 3 is 2.63 bits per heavy atom. The molecule has 0 saturated carbocycles. The largest absolute Gasteiger partial charge is 0.495 e. The van der Waals surface area contributed by atoms with Crippen molar-refractivity contribution in [2.75, 3.05) is 30.8 Å². The van der Waals surface area contributed by atoms with E-state index in [9.17, 15) is 9.59 Å². The molecule has 0 unspecified atom stereocenters. The number of carbonyl (C=O) groups is 2. The van der Waals surface area contributed by atoms with Gasteiger partial charge in [0, 0.05) is 23.3 Å². The highest BCUT2D eigenvalue weighted by molar-refractivity contribution is 6.31. The Morgan fingerprint density at radius 2 is 1.93 bits per heavy atom. The Morgan fingerprint density at radius 1 is 1.20 bits per heavy atom. The van der Waals surface area contributed by atoms with Gasteiger partial charge in [-0.1, -0.05) is 29.8 Å². The number of benzene rings is 2. The molecule has 1 heterocycles. The first-order chi connectivity index (χ1) is 14.4. The second-order valence-electron chi connectivity index (χ2n) is 7.66. The summed E-state index contributed by atoms with van der Waals surface area (Å²) in [7, 11) is 1.54. The molecule has 2 atom stereocenters. The number of nitrogens with zero attached hydrogens (tertiary/aromatic N) is 1. The third-order valence-electron chi connectivity index (χ3n) is 5.53. The molecule has 0 aliphatic carbocycles. The van der Waals surface area contributed by atoms with Gasteiger partial charge in [-0.25, -0.2) is 0 Å². The molecule has 0 bridgehead atoms. The van der Waals surface area contributed by atoms with Crippen LogP contribution in [0.4, 0.5) is 11.4 Å². The highest BCUT2D eigenvalue weighted by Crippen LogP contribution is 2.31. The maximum absolute atomic E-state index is 12.9. The first-order valence-corrected chi connectivity index (χ1v) is 10.5. The summed E-state index contributed by atoms with van der Waals surface area (Å²) >= 11 is 6.15. The summed E-state index contributed by atoms with van der Waals surface area (Å²) < 4.78 is 5.35. The number of aryl methyl sites for hydroxylation is 1. The lowest BCUT2D eigenvalue weighted by atomic mass is 9.95. The topological polar surface area (TPSA) is 70.7 Å². The molecule has 6 nitrogen and oxygen atoms in total. The Hall–Kier alpha value is -2.57. The number of hydrogen-bond acceptors (Lipinski definition) is 4. The zero-order valence-corrected chi connectivity index (χ0v) is 18.3. The van der Waals surface area contributed by atoms with Crippen molar-refractivity contribution < 1.29 is 14.3 Å². The first-order valence-electron chi connectivity index (χ1n) is 10.1. The molecule has 2 aromatic carbocycles. The van der Waals surface area contributed by atoms with Gasteiger partial charge in [-0.3, -0.25) is 14.5 Å². The summed E-state index contributed by atoms with van der Waals surface area (Å²) in [5.74, 6) is 0.221. The van der Waals surface area contributed by atoms with Gasteiger partial charge in [-0.2, -0.15) is 0 Å². The molecule has 1 saturated heterocycles. The second-order valence-corrected chi connectivity index (χ2v) is 8.06. The standard InChI is InChI=1S/C23H28ClN3O3/c1-15-12-20(21(30-3)13-19(15)24)26-22(28)16(2)27-11-7-8-17(14-27)23(29)25-18-9-5-4-6-10-18/h4-6,9-10,12-13,16-17H,7-8,11,14H2,1-3H3,(H,25,29)(H,26,28)/t16-,17+/m0/s1. The molecule has 0 radical (unpaired) electrons. The van der Waals surface area contributed by atoms with Gasteiger partial charge in [0.05, 0.1) is 24.8 Å². The number of nitrogens with one attached hydrogen (secondary N) is 2. The SMILES string of the molecule is COc1cc(Cl)c(C)cc1NC(=O)[C@H](C)N1CCC[C@@H](C(=O)Nc2ccccc2)C1. The molecule has 2 aromatic rings. The number of amides is 2. The van der Waals surface area contributed by atoms with Gasteiger partial charge in [0.15, 0.2) is 0 Å². The number of rotatable bonds is 6. The summed E-state index contributed by atoms with van der Waals surface area (Å²) in [6.07, 6.45) is 1.68. The van der Waals surface area contributed by atoms with Gasteiger partial charge in [-0.15, -0.1) is 0 Å². The van der Waals surface area contributed by atoms with Crippen LogP contribution in [0.3, 0.4) is 0 Å². The lowest BCUT2D eigenvalue weighted by molar-refractivity contribution is -0.125. The summed E-state index contributed by atoms with van der Waals surface area (Å²) in [6, 6.07) is 12.6. The fourth-order valence-corrected chi connectivity index (χ4v) is 3.82. The third-order valence-corrected chi connectivity index (χ3v) is 5.94. The minimum atomic E-state index is -0.377. The van der Waals surface area contributed by atoms with Gasteiger partial charge in [-0.05, 0) is 57.0 Å². The van der Waals surface area contributed by atoms with Gasteiger partial charge in [0.25, 0.3) is 0 Å². The molecular weight excluding hydrogens is 402 g/mol. The van der Waals surface area contributed by atoms with E-state index in [4.69, 9.17) is 16.3 Å². The van der Waals surface area contributed by atoms with Crippen molar-refractivity contribution in [3.8, 4) is 5.75 Å². The van der Waals surface area contributed by atoms with E-state index in [1.165, 1.54) is 0 Å². The van der Waals surface area contributed by atoms with Crippen LogP contribution in [-0.4, -0.2) is 43.0 Å². The highest BCUT2D eigenvalue weighted by atomic mass is 35.5. The summed E-state index contributed by atoms with van der Waals surface area (Å²) in [5, 5.41) is 6.50. The third kappa shape index (κ3) is 5.32. The van der Waals surface area contributed by atoms with Crippen LogP contribution in [0, 0.1) is 12.8 Å². The number of ether oxygens (including phenoxy) is 1. The number of carbonyl (C=O) groups excluding carboxylic acids is 2. The van der Waals surface area contributed by atoms with Gasteiger partial charge >= 0.3 is 0 Å². The fraction of sp³-hybridized carbons (Fsp3) is 0.391. The fourth-order valence-electron chi connectivity index (χ4n) is 3.67. The minimum Gasteiger partial charge on any atom is -0.495 e. The molecule has 1 aliphatic rings. The maximum Gasteiger partial charge on any atom is 0.241 e. The lowest BCUT2D eigenvalue weighted by Crippen LogP contribution is -2.49. The van der Waals surface area contributed by atoms with Crippen LogP contribution in [0.25, 0.3) is 0 Å². The van der Waals surface area contributed by atoms with Crippen molar-refractivity contribution in [1.29, 1.82) is 0 Å². The van der Waals surface area contributed by atoms with E-state index < -0.39 is 0 Å². The van der Waals surface area contributed by atoms with Crippen LogP contribution in [0.15, 0.2) is 42.5 Å². The molecule has 2 N–H and O–H groups in total. The van der Waals surface area contributed by atoms with E-state index in [0.29, 0.717) is 23.0 Å². The average molecular weight is 430 g/mol. The van der Waals surface area contributed by atoms with Gasteiger partial charge < -0.3 is 15.4 Å². The Balaban J connectivity index is 1.63. The van der Waals surface area contributed by atoms with E-state index in [2.05, 4.69) is 15.5 Å². The molecule has 7 heteroatoms. The highest BCUT2D eigenvalue weighted by Gasteiger charge is 2.31. The first kappa shape index (κ1) is 22.1. The van der Waals surface area contributed by atoms with E-state index in [-0.39, 0.29) is 23.8 Å². The predicted octanol–water partition coefficient (Wildman–Crippen LogP) is 4.33. The quantitative estimate of drug-likeness (QED) is 0.716. The molecule has 30 heavy (non-hydrogen) atoms. The van der Waals surface area contributed by atoms with Crippen LogP contribution in [0.2, 0.25) is 5.02 Å². The van der Waals surface area contributed by atoms with Crippen LogP contribution >= 0.6 is 11.6 Å². The van der Waals surface area contributed by atoms with Crippen molar-refractivity contribution >= 4 is 34.8 Å². The van der Waals surface area contributed by atoms with E-state index in [0.717, 1.165) is 30.6 Å². The summed E-state index contributed by atoms with van der Waals surface area (Å²) in [6.45, 7) is 5.06. The van der Waals surface area contributed by atoms with Crippen LogP contribution in [0.1, 0.15) is 25.3 Å². The van der Waals surface area contributed by atoms with Crippen molar-refractivity contribution in [2.24, 2.45) is 5.92 Å². The van der Waals surface area contributed by atoms with E-state index in [1.807, 2.05) is 44.2 Å². The van der Waals surface area contributed by atoms with Crippen LogP contribution in [0.5, 0.6) is 5.75 Å². The Labute approximate surface area is 182 Å². The number of piperidine rings is 1. The number of methoxy groups -OCH3 is 1. The number of anilines is 2. The molecular formula is C23H28ClN3O3. The monoisotopic (exact) mass is 429 g/mol. The zero-order chi connectivity index (χ0) is 21.7. The van der Waals surface area contributed by atoms with E-state index >= 15 is 0 Å². The normalized spacial score (nSPS) is 17.8. The number of hydrogen-bond donors (Lipinski definition) is 2.